The average Bonchev–Trinajstić information content (AvgIpc) is 3.05. The highest BCUT2D eigenvalue weighted by Gasteiger charge is 2.45. The van der Waals surface area contributed by atoms with Gasteiger partial charge in [-0.25, -0.2) is 13.4 Å². The highest BCUT2D eigenvalue weighted by Crippen LogP contribution is 2.37. The zero-order valence-electron chi connectivity index (χ0n) is 12.2. The smallest absolute Gasteiger partial charge is 0.262 e. The molecule has 0 saturated heterocycles. The summed E-state index contributed by atoms with van der Waals surface area (Å²) in [6.07, 6.45) is 7.60. The molecule has 6 nitrogen and oxygen atoms in total. The van der Waals surface area contributed by atoms with E-state index in [4.69, 9.17) is 5.73 Å². The molecule has 0 radical (unpaired) electrons. The Balaban J connectivity index is 2.42. The second kappa shape index (κ2) is 5.83. The lowest BCUT2D eigenvalue weighted by atomic mass is 9.98. The first kappa shape index (κ1) is 15.5. The van der Waals surface area contributed by atoms with Gasteiger partial charge in [0.15, 0.2) is 5.03 Å². The minimum Gasteiger partial charge on any atom is -0.339 e. The Labute approximate surface area is 121 Å². The van der Waals surface area contributed by atoms with Gasteiger partial charge in [0.05, 0.1) is 6.33 Å². The van der Waals surface area contributed by atoms with Crippen LogP contribution in [0.3, 0.4) is 0 Å². The molecule has 1 aromatic heterocycles. The molecule has 0 bridgehead atoms. The molecule has 1 saturated carbocycles. The predicted octanol–water partition coefficient (Wildman–Crippen LogP) is 1.09. The maximum atomic E-state index is 12.9. The molecule has 2 rings (SSSR count). The summed E-state index contributed by atoms with van der Waals surface area (Å²) in [7, 11) is -1.81. The molecule has 1 heterocycles. The Hall–Kier alpha value is -0.920. The molecule has 1 fully saturated rings. The van der Waals surface area contributed by atoms with E-state index < -0.39 is 15.6 Å². The second-order valence-electron chi connectivity index (χ2n) is 5.59. The fourth-order valence-corrected chi connectivity index (χ4v) is 4.93. The molecule has 0 unspecified atom stereocenters. The van der Waals surface area contributed by atoms with Crippen molar-refractivity contribution in [2.45, 2.75) is 49.6 Å². The van der Waals surface area contributed by atoms with Gasteiger partial charge in [-0.3, -0.25) is 0 Å². The van der Waals surface area contributed by atoms with Crippen molar-refractivity contribution in [3.8, 4) is 0 Å². The van der Waals surface area contributed by atoms with Crippen molar-refractivity contribution in [3.63, 3.8) is 0 Å². The van der Waals surface area contributed by atoms with E-state index in [1.165, 1.54) is 6.33 Å². The van der Waals surface area contributed by atoms with Gasteiger partial charge in [0, 0.05) is 31.9 Å². The van der Waals surface area contributed by atoms with Gasteiger partial charge in [0.2, 0.25) is 0 Å². The second-order valence-corrected chi connectivity index (χ2v) is 7.40. The topological polar surface area (TPSA) is 81.2 Å². The van der Waals surface area contributed by atoms with Crippen molar-refractivity contribution < 1.29 is 8.42 Å². The summed E-state index contributed by atoms with van der Waals surface area (Å²) < 4.78 is 29.0. The molecular weight excluding hydrogens is 276 g/mol. The van der Waals surface area contributed by atoms with Crippen LogP contribution in [0.2, 0.25) is 0 Å². The van der Waals surface area contributed by atoms with E-state index in [0.29, 0.717) is 13.1 Å². The fraction of sp³-hybridized carbons (Fsp3) is 0.769. The zero-order valence-corrected chi connectivity index (χ0v) is 13.1. The minimum atomic E-state index is -3.57. The van der Waals surface area contributed by atoms with Crippen molar-refractivity contribution in [1.29, 1.82) is 0 Å². The normalized spacial score (nSPS) is 18.8. The van der Waals surface area contributed by atoms with Gasteiger partial charge in [-0.15, -0.1) is 0 Å². The number of hydrogen-bond donors (Lipinski definition) is 1. The van der Waals surface area contributed by atoms with Crippen molar-refractivity contribution in [2.75, 3.05) is 13.1 Å². The Kier molecular flexibility index (Phi) is 4.51. The van der Waals surface area contributed by atoms with Gasteiger partial charge in [-0.1, -0.05) is 19.8 Å². The van der Waals surface area contributed by atoms with Crippen LogP contribution in [-0.4, -0.2) is 40.9 Å². The first-order valence-corrected chi connectivity index (χ1v) is 8.61. The number of aryl methyl sites for hydroxylation is 1. The summed E-state index contributed by atoms with van der Waals surface area (Å²) in [5.41, 5.74) is 5.52. The Morgan fingerprint density at radius 1 is 1.45 bits per heavy atom. The molecule has 1 aliphatic rings. The van der Waals surface area contributed by atoms with E-state index >= 15 is 0 Å². The van der Waals surface area contributed by atoms with Crippen LogP contribution in [0.5, 0.6) is 0 Å². The van der Waals surface area contributed by atoms with Gasteiger partial charge in [0.25, 0.3) is 10.0 Å². The van der Waals surface area contributed by atoms with E-state index in [0.717, 1.165) is 32.1 Å². The lowest BCUT2D eigenvalue weighted by molar-refractivity contribution is 0.197. The Morgan fingerprint density at radius 2 is 2.10 bits per heavy atom. The lowest BCUT2D eigenvalue weighted by Gasteiger charge is -2.38. The Morgan fingerprint density at radius 3 is 2.55 bits per heavy atom. The van der Waals surface area contributed by atoms with Crippen molar-refractivity contribution in [2.24, 2.45) is 12.8 Å². The van der Waals surface area contributed by atoms with Crippen LogP contribution in [0.25, 0.3) is 0 Å². The molecule has 2 N–H and O–H groups in total. The lowest BCUT2D eigenvalue weighted by Crippen LogP contribution is -2.54. The number of aromatic nitrogens is 2. The Bertz CT molecular complexity index is 546. The first-order chi connectivity index (χ1) is 9.46. The summed E-state index contributed by atoms with van der Waals surface area (Å²) in [5.74, 6) is 0. The molecule has 114 valence electrons. The summed E-state index contributed by atoms with van der Waals surface area (Å²) in [4.78, 5) is 4.02. The standard InChI is InChI=1S/C13H24N4O2S/c1-3-8-17(13(10-14)6-4-5-7-13)20(18,19)12-9-16(2)11-15-12/h9,11H,3-8,10,14H2,1-2H3. The fourth-order valence-electron chi connectivity index (χ4n) is 3.04. The van der Waals surface area contributed by atoms with Gasteiger partial charge < -0.3 is 10.3 Å². The van der Waals surface area contributed by atoms with Gasteiger partial charge in [-0.05, 0) is 19.3 Å². The zero-order chi connectivity index (χ0) is 14.8. The monoisotopic (exact) mass is 300 g/mol. The molecular formula is C13H24N4O2S. The molecule has 0 aromatic carbocycles. The highest BCUT2D eigenvalue weighted by atomic mass is 32.2. The van der Waals surface area contributed by atoms with E-state index in [9.17, 15) is 8.42 Å². The van der Waals surface area contributed by atoms with Crippen LogP contribution in [0.4, 0.5) is 0 Å². The molecule has 20 heavy (non-hydrogen) atoms. The van der Waals surface area contributed by atoms with Crippen LogP contribution >= 0.6 is 0 Å². The molecule has 0 spiro atoms. The van der Waals surface area contributed by atoms with Crippen LogP contribution in [-0.2, 0) is 17.1 Å². The predicted molar refractivity (Wildman–Crippen MR) is 77.6 cm³/mol. The molecule has 1 aromatic rings. The van der Waals surface area contributed by atoms with Crippen molar-refractivity contribution >= 4 is 10.0 Å². The molecule has 0 amide bonds. The summed E-state index contributed by atoms with van der Waals surface area (Å²) in [6.45, 7) is 2.86. The SMILES string of the molecule is CCCN(C1(CN)CCCC1)S(=O)(=O)c1cn(C)cn1. The number of hydrogen-bond acceptors (Lipinski definition) is 4. The quantitative estimate of drug-likeness (QED) is 0.852. The van der Waals surface area contributed by atoms with Crippen LogP contribution in [0, 0.1) is 0 Å². The van der Waals surface area contributed by atoms with Crippen LogP contribution < -0.4 is 5.73 Å². The average molecular weight is 300 g/mol. The molecule has 1 aliphatic carbocycles. The summed E-state index contributed by atoms with van der Waals surface area (Å²) in [6, 6.07) is 0. The van der Waals surface area contributed by atoms with Gasteiger partial charge >= 0.3 is 0 Å². The molecule has 7 heteroatoms. The number of nitrogens with two attached hydrogens (primary N) is 1. The van der Waals surface area contributed by atoms with Gasteiger partial charge in [0.1, 0.15) is 0 Å². The molecule has 0 aliphatic heterocycles. The van der Waals surface area contributed by atoms with Crippen LogP contribution in [0.1, 0.15) is 39.0 Å². The number of rotatable bonds is 6. The number of nitrogens with zero attached hydrogens (tertiary/aromatic N) is 3. The third kappa shape index (κ3) is 2.62. The largest absolute Gasteiger partial charge is 0.339 e. The van der Waals surface area contributed by atoms with Crippen molar-refractivity contribution in [3.05, 3.63) is 12.5 Å². The third-order valence-corrected chi connectivity index (χ3v) is 6.00. The minimum absolute atomic E-state index is 0.119. The molecule has 0 atom stereocenters. The summed E-state index contributed by atoms with van der Waals surface area (Å²) in [5, 5.41) is 0.119. The van der Waals surface area contributed by atoms with E-state index in [2.05, 4.69) is 4.98 Å². The highest BCUT2D eigenvalue weighted by molar-refractivity contribution is 7.89. The van der Waals surface area contributed by atoms with E-state index in [1.54, 1.807) is 22.1 Å². The number of sulfonamides is 1. The number of imidazole rings is 1. The van der Waals surface area contributed by atoms with Crippen molar-refractivity contribution in [1.82, 2.24) is 13.9 Å². The summed E-state index contributed by atoms with van der Waals surface area (Å²) >= 11 is 0. The van der Waals surface area contributed by atoms with Gasteiger partial charge in [-0.2, -0.15) is 4.31 Å². The maximum absolute atomic E-state index is 12.9. The van der Waals surface area contributed by atoms with E-state index in [-0.39, 0.29) is 5.03 Å². The van der Waals surface area contributed by atoms with Crippen LogP contribution in [0.15, 0.2) is 17.6 Å². The van der Waals surface area contributed by atoms with E-state index in [1.807, 2.05) is 6.92 Å². The third-order valence-electron chi connectivity index (χ3n) is 4.11. The first-order valence-electron chi connectivity index (χ1n) is 7.17. The maximum Gasteiger partial charge on any atom is 0.262 e.